The summed E-state index contributed by atoms with van der Waals surface area (Å²) in [7, 11) is 0. The number of benzene rings is 2. The Kier molecular flexibility index (Phi) is 8.52. The second kappa shape index (κ2) is 11.1. The molecule has 0 atom stereocenters. The van der Waals surface area contributed by atoms with E-state index in [2.05, 4.69) is 15.0 Å². The molecule has 40 heavy (non-hydrogen) atoms. The van der Waals surface area contributed by atoms with Gasteiger partial charge in [-0.05, 0) is 67.6 Å². The van der Waals surface area contributed by atoms with Crippen molar-refractivity contribution in [2.75, 3.05) is 6.61 Å². The third-order valence-electron chi connectivity index (χ3n) is 6.13. The van der Waals surface area contributed by atoms with Crippen LogP contribution in [0.3, 0.4) is 0 Å². The number of ether oxygens (including phenoxy) is 1. The maximum atomic E-state index is 13.9. The van der Waals surface area contributed by atoms with Gasteiger partial charge >= 0.3 is 18.0 Å². The molecule has 12 heteroatoms. The molecule has 1 heterocycles. The number of aromatic amines is 1. The molecule has 0 saturated heterocycles. The Labute approximate surface area is 226 Å². The van der Waals surface area contributed by atoms with E-state index in [1.165, 1.54) is 0 Å². The van der Waals surface area contributed by atoms with Crippen LogP contribution in [0.1, 0.15) is 52.2 Å². The molecule has 0 aliphatic rings. The maximum Gasteiger partial charge on any atom is 0.417 e. The predicted molar refractivity (Wildman–Crippen MR) is 137 cm³/mol. The number of carbonyl (C=O) groups excluding carboxylic acids is 1. The lowest BCUT2D eigenvalue weighted by Gasteiger charge is -2.26. The van der Waals surface area contributed by atoms with Gasteiger partial charge < -0.3 is 4.74 Å². The fraction of sp³-hybridized carbons (Fsp3) is 0.429. The fourth-order valence-electron chi connectivity index (χ4n) is 3.56. The van der Waals surface area contributed by atoms with Gasteiger partial charge in [0.2, 0.25) is 0 Å². The van der Waals surface area contributed by atoms with Crippen LogP contribution in [-0.4, -0.2) is 33.5 Å². The van der Waals surface area contributed by atoms with E-state index in [9.17, 15) is 35.9 Å². The van der Waals surface area contributed by atoms with Crippen LogP contribution in [0, 0.1) is 10.8 Å². The highest BCUT2D eigenvalue weighted by molar-refractivity contribution is 5.85. The second-order valence-electron chi connectivity index (χ2n) is 11.1. The van der Waals surface area contributed by atoms with Gasteiger partial charge in [-0.3, -0.25) is 9.78 Å². The summed E-state index contributed by atoms with van der Waals surface area (Å²) in [6.45, 7) is 7.94. The minimum Gasteiger partial charge on any atom is -0.493 e. The van der Waals surface area contributed by atoms with Gasteiger partial charge in [0.15, 0.2) is 5.82 Å². The van der Waals surface area contributed by atoms with E-state index in [1.54, 1.807) is 24.3 Å². The summed E-state index contributed by atoms with van der Waals surface area (Å²) in [5.74, 6) is -1.13. The number of hydrogen-bond acceptors (Lipinski definition) is 5. The molecule has 3 aromatic rings. The molecule has 0 spiro atoms. The maximum absolute atomic E-state index is 13.9. The van der Waals surface area contributed by atoms with Gasteiger partial charge in [0.05, 0.1) is 12.2 Å². The first-order chi connectivity index (χ1) is 18.3. The van der Waals surface area contributed by atoms with Gasteiger partial charge in [0.25, 0.3) is 0 Å². The smallest absolute Gasteiger partial charge is 0.417 e. The highest BCUT2D eigenvalue weighted by atomic mass is 19.4. The molecule has 0 amide bonds. The van der Waals surface area contributed by atoms with E-state index >= 15 is 0 Å². The number of nitrogens with one attached hydrogen (secondary N) is 1. The normalized spacial score (nSPS) is 12.9. The molecule has 0 fully saturated rings. The Morgan fingerprint density at radius 1 is 0.900 bits per heavy atom. The molecular weight excluding hydrogens is 540 g/mol. The van der Waals surface area contributed by atoms with Gasteiger partial charge in [-0.25, -0.2) is 9.78 Å². The molecule has 2 aromatic carbocycles. The van der Waals surface area contributed by atoms with Crippen molar-refractivity contribution in [3.63, 3.8) is 0 Å². The largest absolute Gasteiger partial charge is 0.493 e. The summed E-state index contributed by atoms with van der Waals surface area (Å²) in [5, 5.41) is 0. The van der Waals surface area contributed by atoms with Crippen LogP contribution in [0.15, 0.2) is 47.3 Å². The number of carbonyl (C=O) groups is 1. The highest BCUT2D eigenvalue weighted by Gasteiger charge is 2.52. The third kappa shape index (κ3) is 7.48. The fourth-order valence-corrected chi connectivity index (χ4v) is 3.56. The van der Waals surface area contributed by atoms with Crippen molar-refractivity contribution in [3.05, 3.63) is 64.1 Å². The molecule has 1 aromatic heterocycles. The first-order valence-corrected chi connectivity index (χ1v) is 12.3. The lowest BCUT2D eigenvalue weighted by Crippen LogP contribution is -2.39. The number of aromatic nitrogens is 3. The van der Waals surface area contributed by atoms with Crippen LogP contribution in [0.5, 0.6) is 5.75 Å². The van der Waals surface area contributed by atoms with Gasteiger partial charge in [0, 0.05) is 17.5 Å². The van der Waals surface area contributed by atoms with E-state index in [0.29, 0.717) is 17.9 Å². The van der Waals surface area contributed by atoms with Crippen molar-refractivity contribution in [1.82, 2.24) is 15.0 Å². The van der Waals surface area contributed by atoms with Crippen LogP contribution >= 0.6 is 0 Å². The van der Waals surface area contributed by atoms with E-state index in [0.717, 1.165) is 32.0 Å². The number of aryl methyl sites for hydroxylation is 1. The lowest BCUT2D eigenvalue weighted by atomic mass is 9.84. The Balaban J connectivity index is 1.97. The molecule has 0 saturated carbocycles. The number of ketones is 1. The molecule has 216 valence electrons. The number of hydrogen-bond donors (Lipinski definition) is 1. The van der Waals surface area contributed by atoms with Crippen LogP contribution in [0.4, 0.5) is 26.3 Å². The van der Waals surface area contributed by atoms with Crippen LogP contribution in [0.2, 0.25) is 0 Å². The standard InChI is InChI=1S/C28H29F6N3O3/c1-25(2,3)15-40-18-10-8-17(9-11-18)22-35-23(37-24(39)36-22)19-14-16(6-12-20(19)27(29,30)31)7-13-21(38)26(4,5)28(32,33)34/h6,8-12,14H,7,13,15H2,1-5H3,(H,35,36,37,39). The summed E-state index contributed by atoms with van der Waals surface area (Å²) in [6.07, 6.45) is -10.4. The van der Waals surface area contributed by atoms with Crippen LogP contribution < -0.4 is 10.4 Å². The molecule has 0 aliphatic carbocycles. The van der Waals surface area contributed by atoms with Crippen LogP contribution in [0.25, 0.3) is 22.8 Å². The average molecular weight is 570 g/mol. The average Bonchev–Trinajstić information content (AvgIpc) is 2.84. The van der Waals surface area contributed by atoms with Crippen molar-refractivity contribution < 1.29 is 35.9 Å². The topological polar surface area (TPSA) is 84.9 Å². The Hall–Kier alpha value is -3.70. The zero-order valence-corrected chi connectivity index (χ0v) is 22.5. The molecule has 3 rings (SSSR count). The molecule has 0 bridgehead atoms. The van der Waals surface area contributed by atoms with E-state index in [1.807, 2.05) is 20.8 Å². The first-order valence-electron chi connectivity index (χ1n) is 12.3. The number of halogens is 6. The van der Waals surface area contributed by atoms with E-state index in [4.69, 9.17) is 4.74 Å². The summed E-state index contributed by atoms with van der Waals surface area (Å²) < 4.78 is 86.9. The van der Waals surface area contributed by atoms with Gasteiger partial charge in [-0.2, -0.15) is 31.3 Å². The SMILES string of the molecule is CC(C)(C)COc1ccc(-c2nc(-c3cc(CCC(=O)C(C)(C)C(F)(F)F)ccc3C(F)(F)F)[nH]c(=O)n2)cc1. The van der Waals surface area contributed by atoms with Gasteiger partial charge in [-0.15, -0.1) is 0 Å². The van der Waals surface area contributed by atoms with E-state index in [-0.39, 0.29) is 23.2 Å². The molecule has 1 N–H and O–H groups in total. The van der Waals surface area contributed by atoms with Crippen LogP contribution in [-0.2, 0) is 17.4 Å². The van der Waals surface area contributed by atoms with Crippen molar-refractivity contribution in [1.29, 1.82) is 0 Å². The molecular formula is C28H29F6N3O3. The minimum absolute atomic E-state index is 0.0873. The number of alkyl halides is 6. The Bertz CT molecular complexity index is 1420. The van der Waals surface area contributed by atoms with Crippen molar-refractivity contribution in [3.8, 4) is 28.5 Å². The molecule has 6 nitrogen and oxygen atoms in total. The number of H-pyrrole nitrogens is 1. The molecule has 0 aliphatic heterocycles. The Morgan fingerprint density at radius 3 is 2.08 bits per heavy atom. The first kappa shape index (κ1) is 30.8. The molecule has 0 radical (unpaired) electrons. The zero-order chi connectivity index (χ0) is 30.1. The highest BCUT2D eigenvalue weighted by Crippen LogP contribution is 2.40. The van der Waals surface area contributed by atoms with Gasteiger partial charge in [-0.1, -0.05) is 26.8 Å². The number of rotatable bonds is 8. The van der Waals surface area contributed by atoms with Gasteiger partial charge in [0.1, 0.15) is 22.8 Å². The minimum atomic E-state index is -4.84. The number of nitrogens with zero attached hydrogens (tertiary/aromatic N) is 2. The monoisotopic (exact) mass is 569 g/mol. The summed E-state index contributed by atoms with van der Waals surface area (Å²) >= 11 is 0. The third-order valence-corrected chi connectivity index (χ3v) is 6.13. The summed E-state index contributed by atoms with van der Waals surface area (Å²) in [6, 6.07) is 9.24. The quantitative estimate of drug-likeness (QED) is 0.295. The Morgan fingerprint density at radius 2 is 1.52 bits per heavy atom. The predicted octanol–water partition coefficient (Wildman–Crippen LogP) is 7.03. The second-order valence-corrected chi connectivity index (χ2v) is 11.1. The zero-order valence-electron chi connectivity index (χ0n) is 22.5. The summed E-state index contributed by atoms with van der Waals surface area (Å²) in [5.41, 5.74) is -4.76. The summed E-state index contributed by atoms with van der Waals surface area (Å²) in [4.78, 5) is 34.7. The number of Topliss-reactive ketones (excluding diaryl/α,β-unsaturated/α-hetero) is 1. The van der Waals surface area contributed by atoms with Crippen molar-refractivity contribution in [2.45, 2.75) is 59.8 Å². The van der Waals surface area contributed by atoms with E-state index < -0.39 is 52.6 Å². The lowest BCUT2D eigenvalue weighted by molar-refractivity contribution is -0.210. The van der Waals surface area contributed by atoms with Crippen molar-refractivity contribution >= 4 is 5.78 Å². The molecule has 0 unspecified atom stereocenters. The van der Waals surface area contributed by atoms with Crippen molar-refractivity contribution in [2.24, 2.45) is 10.8 Å².